The molecule has 0 spiro atoms. The number of nitrogens with zero attached hydrogens (tertiary/aromatic N) is 1. The predicted octanol–water partition coefficient (Wildman–Crippen LogP) is 6.45. The third-order valence-electron chi connectivity index (χ3n) is 6.38. The lowest BCUT2D eigenvalue weighted by atomic mass is 9.95. The van der Waals surface area contributed by atoms with Gasteiger partial charge in [0.05, 0.1) is 5.75 Å². The Bertz CT molecular complexity index is 937. The van der Waals surface area contributed by atoms with Gasteiger partial charge in [-0.15, -0.1) is 11.8 Å². The number of aryl methyl sites for hydroxylation is 2. The molecule has 1 fully saturated rings. The van der Waals surface area contributed by atoms with Crippen molar-refractivity contribution < 1.29 is 9.59 Å². The van der Waals surface area contributed by atoms with E-state index in [2.05, 4.69) is 37.4 Å². The molecule has 0 aliphatic heterocycles. The summed E-state index contributed by atoms with van der Waals surface area (Å²) in [7, 11) is 0. The maximum atomic E-state index is 13.4. The summed E-state index contributed by atoms with van der Waals surface area (Å²) in [6.45, 7) is 6.57. The number of amides is 2. The Morgan fingerprint density at radius 2 is 1.68 bits per heavy atom. The van der Waals surface area contributed by atoms with E-state index in [1.807, 2.05) is 31.2 Å². The van der Waals surface area contributed by atoms with Gasteiger partial charge < -0.3 is 10.2 Å². The van der Waals surface area contributed by atoms with Crippen LogP contribution in [0, 0.1) is 13.8 Å². The second kappa shape index (κ2) is 13.2. The monoisotopic (exact) mass is 500 g/mol. The lowest BCUT2D eigenvalue weighted by molar-refractivity contribution is -0.139. The standard InChI is InChI=1S/C28H37ClN2O2S/c1-4-26(28(33)30-25-8-6-5-7-9-25)31(17-22-10-12-24(29)13-11-22)27(32)19-34-18-23-15-20(2)14-21(3)16-23/h10-16,25-26H,4-9,17-19H2,1-3H3,(H,30,33)/t26-/m0/s1. The van der Waals surface area contributed by atoms with Crippen LogP contribution in [0.3, 0.4) is 0 Å². The second-order valence-electron chi connectivity index (χ2n) is 9.40. The van der Waals surface area contributed by atoms with Crippen LogP contribution in [-0.4, -0.2) is 34.6 Å². The largest absolute Gasteiger partial charge is 0.352 e. The molecule has 3 rings (SSSR count). The van der Waals surface area contributed by atoms with Crippen molar-refractivity contribution in [1.82, 2.24) is 10.2 Å². The van der Waals surface area contributed by atoms with Gasteiger partial charge in [0, 0.05) is 23.4 Å². The molecule has 1 N–H and O–H groups in total. The molecular formula is C28H37ClN2O2S. The highest BCUT2D eigenvalue weighted by Gasteiger charge is 2.30. The molecule has 0 unspecified atom stereocenters. The van der Waals surface area contributed by atoms with Crippen LogP contribution in [-0.2, 0) is 21.9 Å². The van der Waals surface area contributed by atoms with Crippen molar-refractivity contribution in [2.75, 3.05) is 5.75 Å². The first kappa shape index (κ1) is 26.6. The third-order valence-corrected chi connectivity index (χ3v) is 7.62. The summed E-state index contributed by atoms with van der Waals surface area (Å²) >= 11 is 7.66. The van der Waals surface area contributed by atoms with Gasteiger partial charge in [0.2, 0.25) is 11.8 Å². The van der Waals surface area contributed by atoms with Crippen molar-refractivity contribution in [3.8, 4) is 0 Å². The fourth-order valence-electron chi connectivity index (χ4n) is 4.74. The fourth-order valence-corrected chi connectivity index (χ4v) is 5.71. The number of hydrogen-bond donors (Lipinski definition) is 1. The summed E-state index contributed by atoms with van der Waals surface area (Å²) in [5, 5.41) is 3.89. The number of halogens is 1. The minimum absolute atomic E-state index is 0.00466. The van der Waals surface area contributed by atoms with Crippen LogP contribution < -0.4 is 5.32 Å². The van der Waals surface area contributed by atoms with E-state index >= 15 is 0 Å². The summed E-state index contributed by atoms with van der Waals surface area (Å²) < 4.78 is 0. The second-order valence-corrected chi connectivity index (χ2v) is 10.8. The first-order valence-electron chi connectivity index (χ1n) is 12.3. The van der Waals surface area contributed by atoms with Crippen molar-refractivity contribution in [3.63, 3.8) is 0 Å². The quantitative estimate of drug-likeness (QED) is 0.408. The third kappa shape index (κ3) is 8.06. The number of rotatable bonds is 10. The van der Waals surface area contributed by atoms with Crippen LogP contribution in [0.15, 0.2) is 42.5 Å². The van der Waals surface area contributed by atoms with Crippen molar-refractivity contribution in [2.45, 2.75) is 83.7 Å². The first-order chi connectivity index (χ1) is 16.4. The summed E-state index contributed by atoms with van der Waals surface area (Å²) in [5.41, 5.74) is 4.66. The van der Waals surface area contributed by atoms with Gasteiger partial charge in [-0.1, -0.05) is 79.2 Å². The van der Waals surface area contributed by atoms with E-state index in [4.69, 9.17) is 11.6 Å². The lowest BCUT2D eigenvalue weighted by Crippen LogP contribution is -2.52. The van der Waals surface area contributed by atoms with Crippen molar-refractivity contribution in [1.29, 1.82) is 0 Å². The molecule has 6 heteroatoms. The molecule has 34 heavy (non-hydrogen) atoms. The van der Waals surface area contributed by atoms with Gasteiger partial charge >= 0.3 is 0 Å². The number of carbonyl (C=O) groups excluding carboxylic acids is 2. The normalized spacial score (nSPS) is 15.1. The molecule has 4 nitrogen and oxygen atoms in total. The zero-order chi connectivity index (χ0) is 24.5. The number of benzene rings is 2. The Hall–Kier alpha value is -1.98. The SMILES string of the molecule is CC[C@@H](C(=O)NC1CCCCC1)N(Cc1ccc(Cl)cc1)C(=O)CSCc1cc(C)cc(C)c1. The minimum atomic E-state index is -0.480. The molecule has 1 saturated carbocycles. The van der Waals surface area contributed by atoms with Gasteiger partial charge in [0.25, 0.3) is 0 Å². The van der Waals surface area contributed by atoms with E-state index < -0.39 is 6.04 Å². The highest BCUT2D eigenvalue weighted by Crippen LogP contribution is 2.21. The van der Waals surface area contributed by atoms with Gasteiger partial charge in [-0.3, -0.25) is 9.59 Å². The topological polar surface area (TPSA) is 49.4 Å². The summed E-state index contributed by atoms with van der Waals surface area (Å²) in [6, 6.07) is 13.8. The van der Waals surface area contributed by atoms with E-state index in [1.165, 1.54) is 23.1 Å². The molecule has 0 saturated heterocycles. The van der Waals surface area contributed by atoms with Gasteiger partial charge in [0.1, 0.15) is 6.04 Å². The minimum Gasteiger partial charge on any atom is -0.352 e. The van der Waals surface area contributed by atoms with Crippen LogP contribution in [0.25, 0.3) is 0 Å². The Morgan fingerprint density at radius 1 is 1.03 bits per heavy atom. The molecule has 2 amide bonds. The number of nitrogens with one attached hydrogen (secondary N) is 1. The summed E-state index contributed by atoms with van der Waals surface area (Å²) in [4.78, 5) is 28.5. The van der Waals surface area contributed by atoms with E-state index in [9.17, 15) is 9.59 Å². The van der Waals surface area contributed by atoms with E-state index in [-0.39, 0.29) is 17.9 Å². The molecule has 184 valence electrons. The molecule has 2 aromatic carbocycles. The molecular weight excluding hydrogens is 464 g/mol. The molecule has 1 aliphatic carbocycles. The Morgan fingerprint density at radius 3 is 2.29 bits per heavy atom. The van der Waals surface area contributed by atoms with Crippen LogP contribution in [0.2, 0.25) is 5.02 Å². The van der Waals surface area contributed by atoms with Gasteiger partial charge in [0.15, 0.2) is 0 Å². The molecule has 0 heterocycles. The highest BCUT2D eigenvalue weighted by molar-refractivity contribution is 7.99. The molecule has 0 radical (unpaired) electrons. The number of hydrogen-bond acceptors (Lipinski definition) is 3. The van der Waals surface area contributed by atoms with E-state index in [0.29, 0.717) is 23.7 Å². The Labute approximate surface area is 213 Å². The maximum absolute atomic E-state index is 13.4. The maximum Gasteiger partial charge on any atom is 0.243 e. The predicted molar refractivity (Wildman–Crippen MR) is 143 cm³/mol. The van der Waals surface area contributed by atoms with Crippen LogP contribution in [0.1, 0.15) is 67.7 Å². The van der Waals surface area contributed by atoms with Gasteiger partial charge in [-0.05, 0) is 56.4 Å². The fraction of sp³-hybridized carbons (Fsp3) is 0.500. The van der Waals surface area contributed by atoms with E-state index in [1.54, 1.807) is 16.7 Å². The zero-order valence-corrected chi connectivity index (χ0v) is 22.2. The molecule has 0 aromatic heterocycles. The Kier molecular flexibility index (Phi) is 10.3. The first-order valence-corrected chi connectivity index (χ1v) is 13.9. The summed E-state index contributed by atoms with van der Waals surface area (Å²) in [5.74, 6) is 1.08. The average molecular weight is 501 g/mol. The van der Waals surface area contributed by atoms with Crippen molar-refractivity contribution in [3.05, 3.63) is 69.7 Å². The average Bonchev–Trinajstić information content (AvgIpc) is 2.80. The smallest absolute Gasteiger partial charge is 0.243 e. The lowest BCUT2D eigenvalue weighted by Gasteiger charge is -2.32. The van der Waals surface area contributed by atoms with E-state index in [0.717, 1.165) is 37.0 Å². The van der Waals surface area contributed by atoms with Gasteiger partial charge in [-0.25, -0.2) is 0 Å². The van der Waals surface area contributed by atoms with Crippen LogP contribution >= 0.6 is 23.4 Å². The van der Waals surface area contributed by atoms with Crippen LogP contribution in [0.4, 0.5) is 0 Å². The van der Waals surface area contributed by atoms with Crippen molar-refractivity contribution >= 4 is 35.2 Å². The zero-order valence-electron chi connectivity index (χ0n) is 20.6. The number of thioether (sulfide) groups is 1. The highest BCUT2D eigenvalue weighted by atomic mass is 35.5. The number of carbonyl (C=O) groups is 2. The molecule has 1 aliphatic rings. The molecule has 0 bridgehead atoms. The van der Waals surface area contributed by atoms with Gasteiger partial charge in [-0.2, -0.15) is 0 Å². The van der Waals surface area contributed by atoms with Crippen molar-refractivity contribution in [2.24, 2.45) is 0 Å². The molecule has 1 atom stereocenters. The molecule has 2 aromatic rings. The van der Waals surface area contributed by atoms with Crippen LogP contribution in [0.5, 0.6) is 0 Å². The summed E-state index contributed by atoms with van der Waals surface area (Å²) in [6.07, 6.45) is 6.19. The Balaban J connectivity index is 1.70.